The molecule has 3 rings (SSSR count). The van der Waals surface area contributed by atoms with E-state index >= 15 is 0 Å². The zero-order chi connectivity index (χ0) is 20.5. The number of carbonyl (C=O) groups is 2. The number of hydrogen-bond acceptors (Lipinski definition) is 5. The predicted octanol–water partition coefficient (Wildman–Crippen LogP) is 1.63. The summed E-state index contributed by atoms with van der Waals surface area (Å²) in [6.07, 6.45) is 4.56. The van der Waals surface area contributed by atoms with Crippen LogP contribution >= 0.6 is 0 Å². The van der Waals surface area contributed by atoms with E-state index in [1.54, 1.807) is 37.6 Å². The van der Waals surface area contributed by atoms with Gasteiger partial charge in [-0.05, 0) is 31.4 Å². The Balaban J connectivity index is 1.79. The smallest absolute Gasteiger partial charge is 0.270 e. The van der Waals surface area contributed by atoms with E-state index in [1.165, 1.54) is 4.90 Å². The Morgan fingerprint density at radius 1 is 1.57 bits per heavy atom. The van der Waals surface area contributed by atoms with Crippen molar-refractivity contribution in [3.8, 4) is 0 Å². The quantitative estimate of drug-likeness (QED) is 0.629. The van der Waals surface area contributed by atoms with Gasteiger partial charge < -0.3 is 19.9 Å². The SMILES string of the molecule is C=C1N(/C=N\C)CCC(NC(=O)c2cc3c(cn2)CO[C@]3(C)CC)C(=O)N1C. The topological polar surface area (TPSA) is 87.1 Å². The lowest BCUT2D eigenvalue weighted by atomic mass is 9.92. The summed E-state index contributed by atoms with van der Waals surface area (Å²) in [5.41, 5.74) is 1.85. The molecule has 1 saturated heterocycles. The van der Waals surface area contributed by atoms with Gasteiger partial charge in [0.05, 0.1) is 18.5 Å². The normalized spacial score (nSPS) is 25.2. The van der Waals surface area contributed by atoms with Gasteiger partial charge in [-0.3, -0.25) is 19.6 Å². The molecule has 0 saturated carbocycles. The largest absolute Gasteiger partial charge is 0.366 e. The van der Waals surface area contributed by atoms with Crippen LogP contribution in [0.25, 0.3) is 0 Å². The van der Waals surface area contributed by atoms with E-state index in [4.69, 9.17) is 4.74 Å². The summed E-state index contributed by atoms with van der Waals surface area (Å²) in [6, 6.07) is 1.12. The summed E-state index contributed by atoms with van der Waals surface area (Å²) in [7, 11) is 3.30. The number of ether oxygens (including phenoxy) is 1. The van der Waals surface area contributed by atoms with Gasteiger partial charge >= 0.3 is 0 Å². The van der Waals surface area contributed by atoms with Crippen molar-refractivity contribution < 1.29 is 14.3 Å². The third kappa shape index (κ3) is 3.52. The Hall–Kier alpha value is -2.74. The number of likely N-dealkylation sites (N-methyl/N-ethyl adjacent to an activating group) is 1. The highest BCUT2D eigenvalue weighted by molar-refractivity contribution is 5.96. The Bertz CT molecular complexity index is 837. The molecule has 0 radical (unpaired) electrons. The fourth-order valence-electron chi connectivity index (χ4n) is 3.53. The summed E-state index contributed by atoms with van der Waals surface area (Å²) in [5.74, 6) is -0.0600. The maximum atomic E-state index is 12.8. The number of carbonyl (C=O) groups excluding carboxylic acids is 2. The van der Waals surface area contributed by atoms with Crippen LogP contribution in [0.5, 0.6) is 0 Å². The van der Waals surface area contributed by atoms with Crippen LogP contribution in [0.15, 0.2) is 29.7 Å². The molecule has 1 aromatic heterocycles. The second-order valence-electron chi connectivity index (χ2n) is 7.30. The van der Waals surface area contributed by atoms with Crippen LogP contribution in [-0.2, 0) is 21.7 Å². The number of nitrogens with one attached hydrogen (secondary N) is 1. The first-order valence-electron chi connectivity index (χ1n) is 9.40. The summed E-state index contributed by atoms with van der Waals surface area (Å²) < 4.78 is 5.88. The van der Waals surface area contributed by atoms with E-state index in [2.05, 4.69) is 21.9 Å². The molecule has 8 nitrogen and oxygen atoms in total. The maximum absolute atomic E-state index is 12.8. The third-order valence-electron chi connectivity index (χ3n) is 5.58. The fraction of sp³-hybridized carbons (Fsp3) is 0.500. The maximum Gasteiger partial charge on any atom is 0.270 e. The van der Waals surface area contributed by atoms with Gasteiger partial charge in [-0.1, -0.05) is 13.5 Å². The molecule has 1 fully saturated rings. The van der Waals surface area contributed by atoms with Crippen molar-refractivity contribution in [2.45, 2.75) is 44.9 Å². The molecule has 3 heterocycles. The minimum absolute atomic E-state index is 0.215. The molecule has 0 spiro atoms. The van der Waals surface area contributed by atoms with Gasteiger partial charge in [0.15, 0.2) is 0 Å². The second-order valence-corrected chi connectivity index (χ2v) is 7.30. The molecule has 0 aliphatic carbocycles. The van der Waals surface area contributed by atoms with Crippen molar-refractivity contribution in [2.24, 2.45) is 4.99 Å². The molecular formula is C20H27N5O3. The third-order valence-corrected chi connectivity index (χ3v) is 5.58. The van der Waals surface area contributed by atoms with Gasteiger partial charge in [-0.2, -0.15) is 0 Å². The van der Waals surface area contributed by atoms with E-state index in [-0.39, 0.29) is 17.5 Å². The van der Waals surface area contributed by atoms with Gasteiger partial charge in [0.2, 0.25) is 5.91 Å². The van der Waals surface area contributed by atoms with Gasteiger partial charge in [0.25, 0.3) is 5.91 Å². The molecule has 28 heavy (non-hydrogen) atoms. The average Bonchev–Trinajstić information content (AvgIpc) is 3.00. The number of hydrogen-bond donors (Lipinski definition) is 1. The molecule has 2 aliphatic heterocycles. The van der Waals surface area contributed by atoms with Gasteiger partial charge in [0, 0.05) is 32.4 Å². The van der Waals surface area contributed by atoms with Crippen LogP contribution in [0.2, 0.25) is 0 Å². The Morgan fingerprint density at radius 3 is 3.00 bits per heavy atom. The van der Waals surface area contributed by atoms with Crippen molar-refractivity contribution in [1.82, 2.24) is 20.1 Å². The molecule has 2 amide bonds. The molecule has 2 atom stereocenters. The van der Waals surface area contributed by atoms with Crippen molar-refractivity contribution >= 4 is 18.2 Å². The van der Waals surface area contributed by atoms with Crippen LogP contribution in [-0.4, -0.2) is 59.6 Å². The number of pyridine rings is 1. The lowest BCUT2D eigenvalue weighted by molar-refractivity contribution is -0.130. The number of amides is 2. The van der Waals surface area contributed by atoms with Crippen molar-refractivity contribution in [1.29, 1.82) is 0 Å². The van der Waals surface area contributed by atoms with E-state index in [1.807, 2.05) is 13.8 Å². The first kappa shape index (κ1) is 20.0. The number of rotatable bonds is 4. The number of fused-ring (bicyclic) bond motifs is 1. The Labute approximate surface area is 165 Å². The highest BCUT2D eigenvalue weighted by Crippen LogP contribution is 2.38. The fourth-order valence-corrected chi connectivity index (χ4v) is 3.53. The zero-order valence-electron chi connectivity index (χ0n) is 16.9. The van der Waals surface area contributed by atoms with Crippen LogP contribution in [0.3, 0.4) is 0 Å². The highest BCUT2D eigenvalue weighted by atomic mass is 16.5. The number of aliphatic imine (C=N–C) groups is 1. The van der Waals surface area contributed by atoms with Gasteiger partial charge in [0.1, 0.15) is 17.6 Å². The number of nitrogens with zero attached hydrogens (tertiary/aromatic N) is 4. The lowest BCUT2D eigenvalue weighted by Gasteiger charge is -2.25. The average molecular weight is 385 g/mol. The zero-order valence-corrected chi connectivity index (χ0v) is 16.9. The highest BCUT2D eigenvalue weighted by Gasteiger charge is 2.36. The second kappa shape index (κ2) is 7.71. The van der Waals surface area contributed by atoms with Gasteiger partial charge in [-0.25, -0.2) is 0 Å². The molecular weight excluding hydrogens is 358 g/mol. The summed E-state index contributed by atoms with van der Waals surface area (Å²) >= 11 is 0. The molecule has 0 bridgehead atoms. The molecule has 1 aromatic rings. The molecule has 2 aliphatic rings. The van der Waals surface area contributed by atoms with Crippen molar-refractivity contribution in [2.75, 3.05) is 20.6 Å². The van der Waals surface area contributed by atoms with Crippen LogP contribution in [0, 0.1) is 0 Å². The molecule has 0 aromatic carbocycles. The van der Waals surface area contributed by atoms with Crippen LogP contribution in [0.4, 0.5) is 0 Å². The predicted molar refractivity (Wildman–Crippen MR) is 106 cm³/mol. The number of aromatic nitrogens is 1. The van der Waals surface area contributed by atoms with Crippen LogP contribution < -0.4 is 5.32 Å². The molecule has 150 valence electrons. The van der Waals surface area contributed by atoms with E-state index in [0.717, 1.165) is 17.5 Å². The van der Waals surface area contributed by atoms with Gasteiger partial charge in [-0.15, -0.1) is 0 Å². The summed E-state index contributed by atoms with van der Waals surface area (Å²) in [5, 5.41) is 2.83. The lowest BCUT2D eigenvalue weighted by Crippen LogP contribution is -2.46. The Morgan fingerprint density at radius 2 is 2.32 bits per heavy atom. The summed E-state index contributed by atoms with van der Waals surface area (Å²) in [6.45, 7) is 9.03. The minimum atomic E-state index is -0.659. The van der Waals surface area contributed by atoms with E-state index in [0.29, 0.717) is 25.4 Å². The van der Waals surface area contributed by atoms with E-state index in [9.17, 15) is 9.59 Å². The molecule has 1 unspecified atom stereocenters. The van der Waals surface area contributed by atoms with E-state index < -0.39 is 11.6 Å². The van der Waals surface area contributed by atoms with Crippen molar-refractivity contribution in [3.63, 3.8) is 0 Å². The van der Waals surface area contributed by atoms with Crippen LogP contribution in [0.1, 0.15) is 48.3 Å². The molecule has 8 heteroatoms. The Kier molecular flexibility index (Phi) is 5.51. The minimum Gasteiger partial charge on any atom is -0.366 e. The first-order valence-corrected chi connectivity index (χ1v) is 9.40. The molecule has 1 N–H and O–H groups in total. The standard InChI is InChI=1S/C20H27N5O3/c1-6-20(3)15-9-17(22-10-14(15)11-28-20)18(26)23-16-7-8-25(12-21-4)13(2)24(5)19(16)27/h9-10,12,16H,2,6-8,11H2,1,3-5H3,(H,23,26)/b21-12-/t16?,20-/m1/s1. The van der Waals surface area contributed by atoms with Crippen molar-refractivity contribution in [3.05, 3.63) is 41.5 Å². The summed E-state index contributed by atoms with van der Waals surface area (Å²) in [4.78, 5) is 37.1. The monoisotopic (exact) mass is 385 g/mol. The first-order chi connectivity index (χ1) is 13.3.